The van der Waals surface area contributed by atoms with E-state index in [1.54, 1.807) is 0 Å². The van der Waals surface area contributed by atoms with Crippen LogP contribution in [0.2, 0.25) is 76.6 Å². The van der Waals surface area contributed by atoms with Gasteiger partial charge in [-0.25, -0.2) is 0 Å². The molecule has 0 saturated carbocycles. The third-order valence-corrected chi connectivity index (χ3v) is 24.5. The van der Waals surface area contributed by atoms with E-state index in [1.165, 1.54) is 48.9 Å². The molecule has 2 N–H and O–H groups in total. The smallest absolute Gasteiger partial charge is 0.173 e. The Hall–Kier alpha value is -1.11. The van der Waals surface area contributed by atoms with Gasteiger partial charge in [0.2, 0.25) is 0 Å². The first-order chi connectivity index (χ1) is 20.7. The Morgan fingerprint density at radius 2 is 0.833 bits per heavy atom. The number of phenolic OH excluding ortho intramolecular Hbond substituents is 2. The van der Waals surface area contributed by atoms with Crippen LogP contribution < -0.4 is 0 Å². The van der Waals surface area contributed by atoms with Crippen molar-refractivity contribution in [3.63, 3.8) is 0 Å². The maximum Gasteiger partial charge on any atom is 0.173 e. The van der Waals surface area contributed by atoms with Crippen LogP contribution in [-0.2, 0) is 26.5 Å². The molecular weight excluding hydrogens is 656 g/mol. The van der Waals surface area contributed by atoms with Crippen molar-refractivity contribution in [1.29, 1.82) is 0 Å². The third kappa shape index (κ3) is 16.3. The summed E-state index contributed by atoms with van der Waals surface area (Å²) in [6.07, 6.45) is 8.74. The van der Waals surface area contributed by atoms with Crippen LogP contribution >= 0.6 is 0 Å². The van der Waals surface area contributed by atoms with Crippen LogP contribution in [0.15, 0.2) is 36.4 Å². The predicted octanol–water partition coefficient (Wildman–Crippen LogP) is 12.6. The molecule has 0 aliphatic carbocycles. The average Bonchev–Trinajstić information content (AvgIpc) is 2.91. The van der Waals surface area contributed by atoms with E-state index in [2.05, 4.69) is 104 Å². The van der Waals surface area contributed by atoms with E-state index < -0.39 is 33.3 Å². The summed E-state index contributed by atoms with van der Waals surface area (Å²) in [5.41, 5.74) is 4.15. The molecule has 0 saturated heterocycles. The fourth-order valence-electron chi connectivity index (χ4n) is 6.83. The third-order valence-electron chi connectivity index (χ3n) is 9.42. The van der Waals surface area contributed by atoms with E-state index in [0.29, 0.717) is 11.5 Å². The van der Waals surface area contributed by atoms with Gasteiger partial charge < -0.3 is 18.4 Å². The van der Waals surface area contributed by atoms with Gasteiger partial charge in [0.1, 0.15) is 11.5 Å². The van der Waals surface area contributed by atoms with Crippen molar-refractivity contribution in [3.05, 3.63) is 58.7 Å². The van der Waals surface area contributed by atoms with Gasteiger partial charge in [-0.1, -0.05) is 92.5 Å². The summed E-state index contributed by atoms with van der Waals surface area (Å²) in [5, 5.41) is 21.6. The molecule has 0 aliphatic heterocycles. The van der Waals surface area contributed by atoms with Gasteiger partial charge in [0.15, 0.2) is 33.3 Å². The lowest BCUT2D eigenvalue weighted by atomic mass is 9.76. The molecule has 48 heavy (non-hydrogen) atoms. The quantitative estimate of drug-likeness (QED) is 0.133. The molecule has 0 unspecified atom stereocenters. The zero-order valence-corrected chi connectivity index (χ0v) is 35.7. The summed E-state index contributed by atoms with van der Waals surface area (Å²) < 4.78 is 13.7. The number of benzene rings is 2. The second kappa shape index (κ2) is 20.7. The molecule has 3 radical (unpaired) electrons. The van der Waals surface area contributed by atoms with Crippen LogP contribution in [0.25, 0.3) is 0 Å². The Morgan fingerprint density at radius 1 is 0.542 bits per heavy atom. The standard InChI is InChI=1S/C37H68O4Si4.2CH4.B/c1-13-15-25-42(5,6)40-44(9,10)27-17-19-31-29-33(21-23-35(31)38)37(3,4)34-22-24-36(39)32(30-34)20-18-28-45(11,12)41-43(7,8)26-16-14-2;;;/h21-24,29-30,38-39H,13-20,25-28H2,1-12H3;2*1H4;. The summed E-state index contributed by atoms with van der Waals surface area (Å²) in [4.78, 5) is 0. The molecule has 2 aromatic carbocycles. The van der Waals surface area contributed by atoms with E-state index in [0.717, 1.165) is 48.9 Å². The molecule has 0 aliphatic rings. The molecule has 0 spiro atoms. The van der Waals surface area contributed by atoms with Crippen LogP contribution in [0.3, 0.4) is 0 Å². The summed E-state index contributed by atoms with van der Waals surface area (Å²) in [7, 11) is -6.77. The molecule has 0 amide bonds. The zero-order chi connectivity index (χ0) is 34.1. The maximum absolute atomic E-state index is 10.8. The molecule has 0 fully saturated rings. The molecular formula is C39H76BO4Si4. The number of rotatable bonds is 20. The highest BCUT2D eigenvalue weighted by Crippen LogP contribution is 2.37. The number of hydrogen-bond acceptors (Lipinski definition) is 4. The largest absolute Gasteiger partial charge is 0.508 e. The van der Waals surface area contributed by atoms with Crippen LogP contribution in [0.5, 0.6) is 11.5 Å². The van der Waals surface area contributed by atoms with Gasteiger partial charge >= 0.3 is 0 Å². The Labute approximate surface area is 305 Å². The van der Waals surface area contributed by atoms with Crippen molar-refractivity contribution >= 4 is 41.7 Å². The van der Waals surface area contributed by atoms with Gasteiger partial charge in [0.05, 0.1) is 0 Å². The number of aryl methyl sites for hydroxylation is 2. The lowest BCUT2D eigenvalue weighted by Gasteiger charge is -2.34. The van der Waals surface area contributed by atoms with Crippen molar-refractivity contribution in [2.45, 2.75) is 176 Å². The van der Waals surface area contributed by atoms with Crippen LogP contribution in [0, 0.1) is 0 Å². The minimum Gasteiger partial charge on any atom is -0.508 e. The van der Waals surface area contributed by atoms with Crippen molar-refractivity contribution in [2.75, 3.05) is 0 Å². The maximum atomic E-state index is 10.8. The van der Waals surface area contributed by atoms with E-state index >= 15 is 0 Å². The normalized spacial score (nSPS) is 12.6. The zero-order valence-electron chi connectivity index (χ0n) is 31.7. The SMILES string of the molecule is C.C.CCCC[Si](C)(C)O[Si](C)(C)CCCc1cc(C(C)(C)c2ccc(O)c(CCC[Si](C)(C)O[Si](C)(C)CCCC)c2)ccc1O.[B]. The number of aromatic hydroxyl groups is 2. The lowest BCUT2D eigenvalue weighted by molar-refractivity contribution is 0.465. The lowest BCUT2D eigenvalue weighted by Crippen LogP contribution is -2.44. The van der Waals surface area contributed by atoms with Crippen molar-refractivity contribution < 1.29 is 18.4 Å². The molecule has 2 aromatic rings. The Morgan fingerprint density at radius 3 is 1.12 bits per heavy atom. The second-order valence-corrected chi connectivity index (χ2v) is 34.2. The van der Waals surface area contributed by atoms with E-state index in [4.69, 9.17) is 8.23 Å². The molecule has 9 heteroatoms. The predicted molar refractivity (Wildman–Crippen MR) is 225 cm³/mol. The molecule has 0 atom stereocenters. The van der Waals surface area contributed by atoms with Gasteiger partial charge in [-0.15, -0.1) is 0 Å². The minimum atomic E-state index is -1.76. The fraction of sp³-hybridized carbons (Fsp3) is 0.692. The average molecular weight is 732 g/mol. The Bertz CT molecular complexity index is 1120. The van der Waals surface area contributed by atoms with Crippen molar-refractivity contribution in [1.82, 2.24) is 0 Å². The molecule has 0 heterocycles. The highest BCUT2D eigenvalue weighted by atomic mass is 28.4. The molecule has 275 valence electrons. The number of phenols is 2. The van der Waals surface area contributed by atoms with E-state index in [9.17, 15) is 10.2 Å². The second-order valence-electron chi connectivity index (χ2n) is 16.5. The van der Waals surface area contributed by atoms with Crippen LogP contribution in [0.4, 0.5) is 0 Å². The van der Waals surface area contributed by atoms with Gasteiger partial charge in [-0.05, 0) is 137 Å². The van der Waals surface area contributed by atoms with Gasteiger partial charge in [-0.3, -0.25) is 0 Å². The Kier molecular flexibility index (Phi) is 21.1. The van der Waals surface area contributed by atoms with Crippen molar-refractivity contribution in [3.8, 4) is 11.5 Å². The first-order valence-corrected chi connectivity index (χ1v) is 30.2. The number of unbranched alkanes of at least 4 members (excludes halogenated alkanes) is 2. The monoisotopic (exact) mass is 731 g/mol. The van der Waals surface area contributed by atoms with Gasteiger partial charge in [-0.2, -0.15) is 0 Å². The van der Waals surface area contributed by atoms with Crippen molar-refractivity contribution in [2.24, 2.45) is 0 Å². The molecule has 4 nitrogen and oxygen atoms in total. The summed E-state index contributed by atoms with van der Waals surface area (Å²) in [6, 6.07) is 16.9. The minimum absolute atomic E-state index is 0. The van der Waals surface area contributed by atoms with Gasteiger partial charge in [0, 0.05) is 13.8 Å². The molecule has 2 rings (SSSR count). The summed E-state index contributed by atoms with van der Waals surface area (Å²) >= 11 is 0. The first kappa shape index (κ1) is 49.0. The van der Waals surface area contributed by atoms with Crippen LogP contribution in [0.1, 0.15) is 103 Å². The van der Waals surface area contributed by atoms with Gasteiger partial charge in [0.25, 0.3) is 0 Å². The van der Waals surface area contributed by atoms with E-state index in [-0.39, 0.29) is 28.7 Å². The highest BCUT2D eigenvalue weighted by Gasteiger charge is 2.33. The number of hydrogen-bond donors (Lipinski definition) is 2. The summed E-state index contributed by atoms with van der Waals surface area (Å²) in [5.74, 6) is 0.767. The fourth-order valence-corrected chi connectivity index (χ4v) is 24.9. The molecule has 0 bridgehead atoms. The summed E-state index contributed by atoms with van der Waals surface area (Å²) in [6.45, 7) is 28.0. The topological polar surface area (TPSA) is 58.9 Å². The Balaban J connectivity index is 0. The first-order valence-electron chi connectivity index (χ1n) is 17.8. The van der Waals surface area contributed by atoms with Crippen LogP contribution in [-0.4, -0.2) is 51.9 Å². The molecule has 0 aromatic heterocycles. The highest BCUT2D eigenvalue weighted by molar-refractivity contribution is 6.85. The van der Waals surface area contributed by atoms with E-state index in [1.807, 2.05) is 12.1 Å².